The number of ether oxygens (including phenoxy) is 3. The van der Waals surface area contributed by atoms with Gasteiger partial charge >= 0.3 is 17.9 Å². The van der Waals surface area contributed by atoms with E-state index < -0.39 is 6.10 Å². The molecule has 0 saturated carbocycles. The van der Waals surface area contributed by atoms with Crippen LogP contribution in [0.25, 0.3) is 0 Å². The first-order valence-electron chi connectivity index (χ1n) is 29.0. The van der Waals surface area contributed by atoms with Crippen molar-refractivity contribution in [3.8, 4) is 0 Å². The van der Waals surface area contributed by atoms with Gasteiger partial charge < -0.3 is 14.2 Å². The molecular weight excluding hydrogens is 817 g/mol. The van der Waals surface area contributed by atoms with E-state index in [4.69, 9.17) is 14.2 Å². The summed E-state index contributed by atoms with van der Waals surface area (Å²) in [7, 11) is 0. The van der Waals surface area contributed by atoms with Crippen molar-refractivity contribution in [3.05, 3.63) is 36.5 Å². The highest BCUT2D eigenvalue weighted by molar-refractivity contribution is 5.71. The molecule has 0 aliphatic carbocycles. The zero-order valence-corrected chi connectivity index (χ0v) is 44.2. The fourth-order valence-corrected chi connectivity index (χ4v) is 8.48. The Bertz CT molecular complexity index is 1110. The molecule has 386 valence electrons. The van der Waals surface area contributed by atoms with E-state index in [9.17, 15) is 14.4 Å². The number of esters is 3. The van der Waals surface area contributed by atoms with Crippen LogP contribution in [0.2, 0.25) is 0 Å². The molecule has 0 aromatic heterocycles. The Hall–Kier alpha value is -2.37. The standard InChI is InChI=1S/C60H110O6/c1-4-7-10-13-16-19-22-24-25-26-27-28-29-30-31-32-33-34-35-37-38-41-44-47-50-53-59(62)65-56-57(55-64-58(61)52-49-46-43-40-21-18-15-12-9-6-3)66-60(63)54-51-48-45-42-39-36-23-20-17-14-11-8-5-2/h12,15,22,24,26-27,57H,4-11,13-14,16-21,23,25,28-56H2,1-3H3/b15-12-,24-22-,27-26-. The van der Waals surface area contributed by atoms with Gasteiger partial charge in [-0.05, 0) is 70.6 Å². The second-order valence-electron chi connectivity index (χ2n) is 19.6. The normalized spacial score (nSPS) is 12.2. The second-order valence-corrected chi connectivity index (χ2v) is 19.6. The quantitative estimate of drug-likeness (QED) is 0.0262. The molecule has 0 aliphatic rings. The second kappa shape index (κ2) is 55.2. The molecule has 0 fully saturated rings. The number of hydrogen-bond acceptors (Lipinski definition) is 6. The molecule has 6 nitrogen and oxygen atoms in total. The molecule has 0 amide bonds. The summed E-state index contributed by atoms with van der Waals surface area (Å²) in [5, 5.41) is 0. The molecular formula is C60H110O6. The van der Waals surface area contributed by atoms with Crippen molar-refractivity contribution in [2.75, 3.05) is 13.2 Å². The predicted octanol–water partition coefficient (Wildman–Crippen LogP) is 19.3. The minimum atomic E-state index is -0.771. The van der Waals surface area contributed by atoms with Crippen LogP contribution >= 0.6 is 0 Å². The predicted molar refractivity (Wildman–Crippen MR) is 284 cm³/mol. The molecule has 6 heteroatoms. The monoisotopic (exact) mass is 927 g/mol. The maximum atomic E-state index is 12.8. The van der Waals surface area contributed by atoms with Gasteiger partial charge in [0, 0.05) is 19.3 Å². The number of unbranched alkanes of at least 4 members (excludes halogenated alkanes) is 36. The number of carbonyl (C=O) groups is 3. The van der Waals surface area contributed by atoms with Gasteiger partial charge in [-0.2, -0.15) is 0 Å². The lowest BCUT2D eigenvalue weighted by Gasteiger charge is -2.18. The largest absolute Gasteiger partial charge is 0.462 e. The van der Waals surface area contributed by atoms with E-state index >= 15 is 0 Å². The van der Waals surface area contributed by atoms with Gasteiger partial charge in [0.1, 0.15) is 13.2 Å². The van der Waals surface area contributed by atoms with Crippen LogP contribution in [0, 0.1) is 0 Å². The summed E-state index contributed by atoms with van der Waals surface area (Å²) in [5.74, 6) is -0.868. The van der Waals surface area contributed by atoms with E-state index in [0.717, 1.165) is 77.0 Å². The van der Waals surface area contributed by atoms with Crippen LogP contribution in [0.5, 0.6) is 0 Å². The first-order chi connectivity index (χ1) is 32.5. The summed E-state index contributed by atoms with van der Waals surface area (Å²) in [4.78, 5) is 38.0. The van der Waals surface area contributed by atoms with Gasteiger partial charge in [0.2, 0.25) is 0 Å². The highest BCUT2D eigenvalue weighted by Crippen LogP contribution is 2.16. The minimum absolute atomic E-state index is 0.0715. The average molecular weight is 928 g/mol. The molecule has 0 heterocycles. The summed E-state index contributed by atoms with van der Waals surface area (Å²) >= 11 is 0. The van der Waals surface area contributed by atoms with Crippen molar-refractivity contribution in [1.29, 1.82) is 0 Å². The summed E-state index contributed by atoms with van der Waals surface area (Å²) in [5.41, 5.74) is 0. The van der Waals surface area contributed by atoms with Crippen molar-refractivity contribution in [2.45, 2.75) is 316 Å². The van der Waals surface area contributed by atoms with Crippen LogP contribution in [0.4, 0.5) is 0 Å². The number of rotatable bonds is 53. The van der Waals surface area contributed by atoms with E-state index in [1.807, 2.05) is 0 Å². The summed E-state index contributed by atoms with van der Waals surface area (Å²) in [6.07, 6.45) is 65.8. The maximum Gasteiger partial charge on any atom is 0.306 e. The molecule has 1 atom stereocenters. The lowest BCUT2D eigenvalue weighted by atomic mass is 10.0. The third-order valence-corrected chi connectivity index (χ3v) is 12.8. The molecule has 0 rings (SSSR count). The van der Waals surface area contributed by atoms with E-state index in [0.29, 0.717) is 19.3 Å². The zero-order valence-electron chi connectivity index (χ0n) is 44.2. The SMILES string of the molecule is CCC/C=C\CCCCCCCC(=O)OCC(COC(=O)CCCCCCCCCCCCCCC/C=C\C/C=C\CCCCCCC)OC(=O)CCCCCCCCCCCCCCC. The Balaban J connectivity index is 4.17. The number of allylic oxidation sites excluding steroid dienone is 6. The molecule has 0 bridgehead atoms. The van der Waals surface area contributed by atoms with Gasteiger partial charge in [0.05, 0.1) is 0 Å². The van der Waals surface area contributed by atoms with Gasteiger partial charge in [-0.25, -0.2) is 0 Å². The lowest BCUT2D eigenvalue weighted by molar-refractivity contribution is -0.167. The van der Waals surface area contributed by atoms with Crippen LogP contribution < -0.4 is 0 Å². The summed E-state index contributed by atoms with van der Waals surface area (Å²) in [6.45, 7) is 6.59. The molecule has 0 N–H and O–H groups in total. The van der Waals surface area contributed by atoms with Gasteiger partial charge in [-0.1, -0.05) is 256 Å². The number of hydrogen-bond donors (Lipinski definition) is 0. The summed E-state index contributed by atoms with van der Waals surface area (Å²) in [6, 6.07) is 0. The summed E-state index contributed by atoms with van der Waals surface area (Å²) < 4.78 is 16.8. The van der Waals surface area contributed by atoms with Crippen LogP contribution in [-0.2, 0) is 28.6 Å². The Labute approximate surface area is 410 Å². The highest BCUT2D eigenvalue weighted by atomic mass is 16.6. The zero-order chi connectivity index (χ0) is 47.9. The van der Waals surface area contributed by atoms with Crippen molar-refractivity contribution in [2.24, 2.45) is 0 Å². The van der Waals surface area contributed by atoms with Gasteiger partial charge in [0.25, 0.3) is 0 Å². The van der Waals surface area contributed by atoms with Gasteiger partial charge in [-0.3, -0.25) is 14.4 Å². The van der Waals surface area contributed by atoms with E-state index in [2.05, 4.69) is 57.2 Å². The molecule has 0 aromatic rings. The van der Waals surface area contributed by atoms with Gasteiger partial charge in [-0.15, -0.1) is 0 Å². The first-order valence-corrected chi connectivity index (χ1v) is 29.0. The maximum absolute atomic E-state index is 12.8. The Morgan fingerprint density at radius 1 is 0.303 bits per heavy atom. The van der Waals surface area contributed by atoms with Crippen LogP contribution in [0.1, 0.15) is 310 Å². The first kappa shape index (κ1) is 63.6. The third kappa shape index (κ3) is 52.6. The molecule has 0 aromatic carbocycles. The van der Waals surface area contributed by atoms with E-state index in [-0.39, 0.29) is 31.1 Å². The Kier molecular flexibility index (Phi) is 53.2. The Morgan fingerprint density at radius 2 is 0.576 bits per heavy atom. The van der Waals surface area contributed by atoms with Crippen molar-refractivity contribution in [1.82, 2.24) is 0 Å². The third-order valence-electron chi connectivity index (χ3n) is 12.8. The van der Waals surface area contributed by atoms with Crippen LogP contribution in [0.3, 0.4) is 0 Å². The lowest BCUT2D eigenvalue weighted by Crippen LogP contribution is -2.30. The highest BCUT2D eigenvalue weighted by Gasteiger charge is 2.19. The van der Waals surface area contributed by atoms with Crippen molar-refractivity contribution in [3.63, 3.8) is 0 Å². The van der Waals surface area contributed by atoms with Crippen molar-refractivity contribution >= 4 is 17.9 Å². The molecule has 66 heavy (non-hydrogen) atoms. The number of carbonyl (C=O) groups excluding carboxylic acids is 3. The van der Waals surface area contributed by atoms with E-state index in [1.54, 1.807) is 0 Å². The smallest absolute Gasteiger partial charge is 0.306 e. The van der Waals surface area contributed by atoms with E-state index in [1.165, 1.54) is 193 Å². The molecule has 1 unspecified atom stereocenters. The average Bonchev–Trinajstić information content (AvgIpc) is 3.31. The molecule has 0 aliphatic heterocycles. The molecule has 0 radical (unpaired) electrons. The Morgan fingerprint density at radius 3 is 0.909 bits per heavy atom. The van der Waals surface area contributed by atoms with Crippen molar-refractivity contribution < 1.29 is 28.6 Å². The fraction of sp³-hybridized carbons (Fsp3) is 0.850. The topological polar surface area (TPSA) is 78.9 Å². The minimum Gasteiger partial charge on any atom is -0.462 e. The van der Waals surface area contributed by atoms with Crippen LogP contribution in [-0.4, -0.2) is 37.2 Å². The molecule has 0 saturated heterocycles. The molecule has 0 spiro atoms. The fourth-order valence-electron chi connectivity index (χ4n) is 8.48. The van der Waals surface area contributed by atoms with Gasteiger partial charge in [0.15, 0.2) is 6.10 Å². The van der Waals surface area contributed by atoms with Crippen LogP contribution in [0.15, 0.2) is 36.5 Å².